The predicted octanol–water partition coefficient (Wildman–Crippen LogP) is 2.17. The molecule has 1 N–H and O–H groups in total. The molecule has 0 radical (unpaired) electrons. The highest BCUT2D eigenvalue weighted by molar-refractivity contribution is 7.89. The Bertz CT molecular complexity index is 523. The van der Waals surface area contributed by atoms with E-state index in [9.17, 15) is 8.42 Å². The monoisotopic (exact) mass is 326 g/mol. The second-order valence-corrected chi connectivity index (χ2v) is 6.63. The molecule has 1 rings (SSSR count). The lowest BCUT2D eigenvalue weighted by molar-refractivity contribution is 0.252. The van der Waals surface area contributed by atoms with E-state index in [1.807, 2.05) is 6.92 Å². The van der Waals surface area contributed by atoms with Crippen molar-refractivity contribution in [3.8, 4) is 0 Å². The SMILES string of the molecule is CCCCN(CCO)S(=O)(=O)c1cnc(Cl)c(Cl)c1. The predicted molar refractivity (Wildman–Crippen MR) is 75.0 cm³/mol. The Hall–Kier alpha value is -0.400. The summed E-state index contributed by atoms with van der Waals surface area (Å²) in [5.41, 5.74) is 0. The zero-order chi connectivity index (χ0) is 14.5. The van der Waals surface area contributed by atoms with E-state index in [0.717, 1.165) is 6.42 Å². The number of halogens is 2. The molecule has 0 fully saturated rings. The van der Waals surface area contributed by atoms with Crippen LogP contribution in [0.5, 0.6) is 0 Å². The van der Waals surface area contributed by atoms with Gasteiger partial charge in [0.15, 0.2) is 0 Å². The first-order chi connectivity index (χ1) is 8.93. The van der Waals surface area contributed by atoms with Crippen LogP contribution in [-0.2, 0) is 10.0 Å². The first kappa shape index (κ1) is 16.7. The van der Waals surface area contributed by atoms with Crippen molar-refractivity contribution in [1.29, 1.82) is 0 Å². The van der Waals surface area contributed by atoms with E-state index in [0.29, 0.717) is 13.0 Å². The molecule has 1 aromatic heterocycles. The van der Waals surface area contributed by atoms with Gasteiger partial charge in [-0.1, -0.05) is 36.5 Å². The van der Waals surface area contributed by atoms with Gasteiger partial charge in [-0.3, -0.25) is 0 Å². The van der Waals surface area contributed by atoms with Crippen LogP contribution in [-0.4, -0.2) is 42.5 Å². The molecule has 0 aromatic carbocycles. The lowest BCUT2D eigenvalue weighted by atomic mass is 10.3. The highest BCUT2D eigenvalue weighted by atomic mass is 35.5. The van der Waals surface area contributed by atoms with Crippen LogP contribution < -0.4 is 0 Å². The van der Waals surface area contributed by atoms with Crippen LogP contribution in [0.1, 0.15) is 19.8 Å². The van der Waals surface area contributed by atoms with Crippen molar-refractivity contribution in [1.82, 2.24) is 9.29 Å². The second kappa shape index (κ2) is 7.40. The van der Waals surface area contributed by atoms with Crippen LogP contribution >= 0.6 is 23.2 Å². The van der Waals surface area contributed by atoms with Gasteiger partial charge < -0.3 is 5.11 Å². The minimum Gasteiger partial charge on any atom is -0.395 e. The van der Waals surface area contributed by atoms with Gasteiger partial charge in [0.2, 0.25) is 10.0 Å². The maximum atomic E-state index is 12.4. The first-order valence-corrected chi connectivity index (χ1v) is 8.05. The number of sulfonamides is 1. The Morgan fingerprint density at radius 2 is 2.05 bits per heavy atom. The number of rotatable bonds is 7. The highest BCUT2D eigenvalue weighted by Crippen LogP contribution is 2.24. The van der Waals surface area contributed by atoms with Crippen LogP contribution in [0.3, 0.4) is 0 Å². The smallest absolute Gasteiger partial charge is 0.244 e. The molecule has 19 heavy (non-hydrogen) atoms. The van der Waals surface area contributed by atoms with Gasteiger partial charge in [-0.05, 0) is 12.5 Å². The van der Waals surface area contributed by atoms with Crippen molar-refractivity contribution >= 4 is 33.2 Å². The molecule has 0 unspecified atom stereocenters. The number of unbranched alkanes of at least 4 members (excludes halogenated alkanes) is 1. The molecule has 0 spiro atoms. The van der Waals surface area contributed by atoms with E-state index in [1.165, 1.54) is 16.6 Å². The standard InChI is InChI=1S/C11H16Cl2N2O3S/c1-2-3-4-15(5-6-16)19(17,18)9-7-10(12)11(13)14-8-9/h7-8,16H,2-6H2,1H3. The van der Waals surface area contributed by atoms with Crippen LogP contribution in [0.15, 0.2) is 17.2 Å². The maximum absolute atomic E-state index is 12.4. The Labute approximate surface area is 123 Å². The lowest BCUT2D eigenvalue weighted by Gasteiger charge is -2.21. The molecular formula is C11H16Cl2N2O3S. The Kier molecular flexibility index (Phi) is 6.49. The molecule has 0 amide bonds. The quantitative estimate of drug-likeness (QED) is 0.779. The van der Waals surface area contributed by atoms with E-state index in [1.54, 1.807) is 0 Å². The molecule has 0 aliphatic carbocycles. The third-order valence-electron chi connectivity index (χ3n) is 2.52. The molecule has 1 aromatic rings. The van der Waals surface area contributed by atoms with Gasteiger partial charge in [0.1, 0.15) is 10.0 Å². The molecule has 0 saturated carbocycles. The average Bonchev–Trinajstić information content (AvgIpc) is 2.37. The van der Waals surface area contributed by atoms with Gasteiger partial charge >= 0.3 is 0 Å². The van der Waals surface area contributed by atoms with Gasteiger partial charge in [-0.2, -0.15) is 4.31 Å². The fourth-order valence-electron chi connectivity index (χ4n) is 1.49. The normalized spacial score (nSPS) is 12.1. The second-order valence-electron chi connectivity index (χ2n) is 3.92. The fourth-order valence-corrected chi connectivity index (χ4v) is 3.27. The van der Waals surface area contributed by atoms with Gasteiger partial charge in [-0.15, -0.1) is 0 Å². The third kappa shape index (κ3) is 4.29. The minimum atomic E-state index is -3.71. The zero-order valence-electron chi connectivity index (χ0n) is 10.5. The summed E-state index contributed by atoms with van der Waals surface area (Å²) in [4.78, 5) is 3.71. The number of hydrogen-bond acceptors (Lipinski definition) is 4. The summed E-state index contributed by atoms with van der Waals surface area (Å²) in [6.07, 6.45) is 2.74. The summed E-state index contributed by atoms with van der Waals surface area (Å²) in [5.74, 6) is 0. The van der Waals surface area contributed by atoms with Crippen molar-refractivity contribution in [2.75, 3.05) is 19.7 Å². The Morgan fingerprint density at radius 1 is 1.37 bits per heavy atom. The van der Waals surface area contributed by atoms with Crippen LogP contribution in [0.4, 0.5) is 0 Å². The highest BCUT2D eigenvalue weighted by Gasteiger charge is 2.24. The Balaban J connectivity index is 3.07. The van der Waals surface area contributed by atoms with Gasteiger partial charge in [0.05, 0.1) is 11.6 Å². The molecule has 8 heteroatoms. The summed E-state index contributed by atoms with van der Waals surface area (Å²) in [6.45, 7) is 2.12. The van der Waals surface area contributed by atoms with Gasteiger partial charge in [0.25, 0.3) is 0 Å². The summed E-state index contributed by atoms with van der Waals surface area (Å²) >= 11 is 11.4. The van der Waals surface area contributed by atoms with Crippen molar-refractivity contribution in [3.05, 3.63) is 22.4 Å². The van der Waals surface area contributed by atoms with E-state index in [4.69, 9.17) is 28.3 Å². The first-order valence-electron chi connectivity index (χ1n) is 5.85. The molecule has 0 atom stereocenters. The van der Waals surface area contributed by atoms with Gasteiger partial charge in [0, 0.05) is 19.3 Å². The molecule has 0 aliphatic heterocycles. The minimum absolute atomic E-state index is 0.0218. The summed E-state index contributed by atoms with van der Waals surface area (Å²) in [6, 6.07) is 1.27. The number of aliphatic hydroxyl groups excluding tert-OH is 1. The Morgan fingerprint density at radius 3 is 2.58 bits per heavy atom. The fraction of sp³-hybridized carbons (Fsp3) is 0.545. The van der Waals surface area contributed by atoms with Crippen LogP contribution in [0, 0.1) is 0 Å². The topological polar surface area (TPSA) is 70.5 Å². The zero-order valence-corrected chi connectivity index (χ0v) is 12.8. The molecule has 108 valence electrons. The number of hydrogen-bond donors (Lipinski definition) is 1. The van der Waals surface area contributed by atoms with E-state index in [-0.39, 0.29) is 28.2 Å². The molecule has 0 saturated heterocycles. The van der Waals surface area contributed by atoms with Crippen molar-refractivity contribution in [2.24, 2.45) is 0 Å². The largest absolute Gasteiger partial charge is 0.395 e. The molecule has 5 nitrogen and oxygen atoms in total. The van der Waals surface area contributed by atoms with E-state index in [2.05, 4.69) is 4.98 Å². The van der Waals surface area contributed by atoms with Crippen LogP contribution in [0.25, 0.3) is 0 Å². The molecular weight excluding hydrogens is 311 g/mol. The van der Waals surface area contributed by atoms with Crippen LogP contribution in [0.2, 0.25) is 10.2 Å². The average molecular weight is 327 g/mol. The third-order valence-corrected chi connectivity index (χ3v) is 5.07. The summed E-state index contributed by atoms with van der Waals surface area (Å²) in [7, 11) is -3.71. The molecule has 0 aliphatic rings. The number of aromatic nitrogens is 1. The summed E-state index contributed by atoms with van der Waals surface area (Å²) in [5, 5.41) is 9.12. The van der Waals surface area contributed by atoms with E-state index < -0.39 is 10.0 Å². The number of aliphatic hydroxyl groups is 1. The molecule has 0 bridgehead atoms. The van der Waals surface area contributed by atoms with Crippen molar-refractivity contribution in [3.63, 3.8) is 0 Å². The number of pyridine rings is 1. The number of nitrogens with zero attached hydrogens (tertiary/aromatic N) is 2. The lowest BCUT2D eigenvalue weighted by Crippen LogP contribution is -2.34. The van der Waals surface area contributed by atoms with Crippen molar-refractivity contribution in [2.45, 2.75) is 24.7 Å². The van der Waals surface area contributed by atoms with Gasteiger partial charge in [-0.25, -0.2) is 13.4 Å². The maximum Gasteiger partial charge on any atom is 0.244 e. The molecule has 1 heterocycles. The summed E-state index contributed by atoms with van der Waals surface area (Å²) < 4.78 is 25.9. The van der Waals surface area contributed by atoms with E-state index >= 15 is 0 Å². The van der Waals surface area contributed by atoms with Crippen molar-refractivity contribution < 1.29 is 13.5 Å².